The minimum absolute atomic E-state index is 0.992. The summed E-state index contributed by atoms with van der Waals surface area (Å²) in [4.78, 5) is 5.04. The highest BCUT2D eigenvalue weighted by molar-refractivity contribution is 5.88. The third kappa shape index (κ3) is 4.34. The summed E-state index contributed by atoms with van der Waals surface area (Å²) >= 11 is 0. The average Bonchev–Trinajstić information content (AvgIpc) is 3.31. The summed E-state index contributed by atoms with van der Waals surface area (Å²) < 4.78 is 2.49. The van der Waals surface area contributed by atoms with Gasteiger partial charge in [0.25, 0.3) is 0 Å². The quantitative estimate of drug-likeness (QED) is 0.229. The lowest BCUT2D eigenvalue weighted by atomic mass is 9.95. The smallest absolute Gasteiger partial charge is 0.0715 e. The van der Waals surface area contributed by atoms with Gasteiger partial charge in [-0.05, 0) is 92.1 Å². The second-order valence-electron chi connectivity index (χ2n) is 9.77. The summed E-state index contributed by atoms with van der Waals surface area (Å²) in [6, 6.07) is 32.8. The Morgan fingerprint density at radius 2 is 1.51 bits per heavy atom. The van der Waals surface area contributed by atoms with E-state index in [4.69, 9.17) is 4.98 Å². The number of hydrogen-bond acceptors (Lipinski definition) is 1. The molecule has 2 heteroatoms. The van der Waals surface area contributed by atoms with Crippen molar-refractivity contribution >= 4 is 16.5 Å². The minimum Gasteiger partial charge on any atom is -0.313 e. The van der Waals surface area contributed by atoms with Crippen LogP contribution >= 0.6 is 0 Å². The largest absolute Gasteiger partial charge is 0.313 e. The summed E-state index contributed by atoms with van der Waals surface area (Å²) in [5.74, 6) is 0. The van der Waals surface area contributed by atoms with E-state index in [1.54, 1.807) is 5.56 Å². The molecule has 0 bridgehead atoms. The molecule has 2 nitrogen and oxygen atoms in total. The third-order valence-corrected chi connectivity index (χ3v) is 7.49. The first-order chi connectivity index (χ1) is 18.3. The van der Waals surface area contributed by atoms with Crippen LogP contribution in [0.5, 0.6) is 0 Å². The van der Waals surface area contributed by atoms with Crippen molar-refractivity contribution < 1.29 is 0 Å². The van der Waals surface area contributed by atoms with E-state index in [9.17, 15) is 0 Å². The first kappa shape index (κ1) is 23.2. The van der Waals surface area contributed by atoms with Crippen LogP contribution < -0.4 is 0 Å². The van der Waals surface area contributed by atoms with E-state index in [1.807, 2.05) is 13.0 Å². The lowest BCUT2D eigenvalue weighted by Crippen LogP contribution is -2.06. The van der Waals surface area contributed by atoms with E-state index >= 15 is 0 Å². The Morgan fingerprint density at radius 3 is 2.30 bits per heavy atom. The zero-order valence-corrected chi connectivity index (χ0v) is 21.6. The van der Waals surface area contributed by atoms with Gasteiger partial charge in [-0.25, -0.2) is 4.98 Å². The molecule has 0 saturated carbocycles. The summed E-state index contributed by atoms with van der Waals surface area (Å²) in [7, 11) is 0. The number of fused-ring (bicyclic) bond motifs is 3. The summed E-state index contributed by atoms with van der Waals surface area (Å²) in [6.45, 7) is 4.12. The van der Waals surface area contributed by atoms with Crippen LogP contribution in [0.1, 0.15) is 43.6 Å². The number of hydrogen-bond donors (Lipinski definition) is 0. The molecule has 5 aromatic rings. The molecule has 0 radical (unpaired) electrons. The van der Waals surface area contributed by atoms with Gasteiger partial charge in [-0.15, -0.1) is 0 Å². The van der Waals surface area contributed by atoms with Gasteiger partial charge < -0.3 is 4.57 Å². The predicted octanol–water partition coefficient (Wildman–Crippen LogP) is 9.22. The van der Waals surface area contributed by atoms with Gasteiger partial charge in [-0.3, -0.25) is 0 Å². The van der Waals surface area contributed by atoms with Gasteiger partial charge in [0, 0.05) is 22.3 Å². The normalized spacial score (nSPS) is 13.8. The van der Waals surface area contributed by atoms with E-state index in [-0.39, 0.29) is 0 Å². The standard InChI is InChI=1S/C35H32N2/c1-3-12-25(4-2)32-23-28(24-33(36-32)27-13-6-5-7-14-27)26-19-21-29(22-20-26)37-34-17-10-8-15-30(34)31-16-9-11-18-35(31)37/h3-8,10,12-15,17,19-24H,9,11,16,18H2,1-2H3/b12-3-,25-4+. The first-order valence-corrected chi connectivity index (χ1v) is 13.4. The Kier molecular flexibility index (Phi) is 6.32. The zero-order valence-electron chi connectivity index (χ0n) is 21.6. The average molecular weight is 481 g/mol. The molecule has 0 amide bonds. The Balaban J connectivity index is 1.46. The van der Waals surface area contributed by atoms with Crippen molar-refractivity contribution in [3.8, 4) is 28.1 Å². The Labute approximate surface area is 219 Å². The second kappa shape index (κ2) is 10.1. The number of rotatable bonds is 5. The van der Waals surface area contributed by atoms with Crippen molar-refractivity contribution in [1.29, 1.82) is 0 Å². The Hall–Kier alpha value is -4.17. The molecule has 2 aromatic heterocycles. The van der Waals surface area contributed by atoms with Crippen molar-refractivity contribution in [2.75, 3.05) is 0 Å². The predicted molar refractivity (Wildman–Crippen MR) is 157 cm³/mol. The molecule has 1 aliphatic rings. The molecule has 6 rings (SSSR count). The maximum atomic E-state index is 5.04. The third-order valence-electron chi connectivity index (χ3n) is 7.49. The van der Waals surface area contributed by atoms with Gasteiger partial charge in [0.2, 0.25) is 0 Å². The second-order valence-corrected chi connectivity index (χ2v) is 9.77. The molecule has 1 aliphatic carbocycles. The lowest BCUT2D eigenvalue weighted by Gasteiger charge is -2.17. The van der Waals surface area contributed by atoms with Crippen molar-refractivity contribution in [3.05, 3.63) is 126 Å². The lowest BCUT2D eigenvalue weighted by molar-refractivity contribution is 0.667. The van der Waals surface area contributed by atoms with Crippen LogP contribution in [0.4, 0.5) is 0 Å². The molecule has 37 heavy (non-hydrogen) atoms. The van der Waals surface area contributed by atoms with Crippen molar-refractivity contribution in [2.45, 2.75) is 39.5 Å². The van der Waals surface area contributed by atoms with Crippen LogP contribution in [-0.2, 0) is 12.8 Å². The molecule has 0 saturated heterocycles. The molecule has 0 unspecified atom stereocenters. The highest BCUT2D eigenvalue weighted by atomic mass is 15.0. The fourth-order valence-electron chi connectivity index (χ4n) is 5.70. The van der Waals surface area contributed by atoms with Crippen molar-refractivity contribution in [3.63, 3.8) is 0 Å². The highest BCUT2D eigenvalue weighted by Crippen LogP contribution is 2.35. The molecule has 0 fully saturated rings. The van der Waals surface area contributed by atoms with E-state index in [2.05, 4.69) is 115 Å². The van der Waals surface area contributed by atoms with Crippen LogP contribution in [0.3, 0.4) is 0 Å². The first-order valence-electron chi connectivity index (χ1n) is 13.4. The molecule has 0 N–H and O–H groups in total. The molecule has 2 heterocycles. The zero-order chi connectivity index (χ0) is 25.2. The molecule has 0 aliphatic heterocycles. The van der Waals surface area contributed by atoms with Crippen molar-refractivity contribution in [2.24, 2.45) is 0 Å². The summed E-state index contributed by atoms with van der Waals surface area (Å²) in [5.41, 5.74) is 12.2. The minimum atomic E-state index is 0.992. The molecule has 3 aromatic carbocycles. The highest BCUT2D eigenvalue weighted by Gasteiger charge is 2.20. The van der Waals surface area contributed by atoms with E-state index in [0.717, 1.165) is 28.9 Å². The van der Waals surface area contributed by atoms with Crippen LogP contribution in [0, 0.1) is 0 Å². The SMILES string of the molecule is C/C=C\C(=C/C)c1cc(-c2ccc(-n3c4c(c5ccccc53)CCCC4)cc2)cc(-c2ccccc2)n1. The topological polar surface area (TPSA) is 17.8 Å². The number of para-hydroxylation sites is 1. The maximum absolute atomic E-state index is 5.04. The maximum Gasteiger partial charge on any atom is 0.0715 e. The van der Waals surface area contributed by atoms with Gasteiger partial charge in [-0.2, -0.15) is 0 Å². The number of benzene rings is 3. The van der Waals surface area contributed by atoms with Crippen LogP contribution in [-0.4, -0.2) is 9.55 Å². The van der Waals surface area contributed by atoms with Gasteiger partial charge >= 0.3 is 0 Å². The van der Waals surface area contributed by atoms with Gasteiger partial charge in [0.05, 0.1) is 16.9 Å². The number of aryl methyl sites for hydroxylation is 1. The molecule has 0 spiro atoms. The van der Waals surface area contributed by atoms with Gasteiger partial charge in [-0.1, -0.05) is 78.9 Å². The van der Waals surface area contributed by atoms with Crippen LogP contribution in [0.15, 0.2) is 109 Å². The fraction of sp³-hybridized carbons (Fsp3) is 0.171. The molecule has 0 atom stereocenters. The molecular formula is C35H32N2. The molecular weight excluding hydrogens is 448 g/mol. The number of nitrogens with zero attached hydrogens (tertiary/aromatic N) is 2. The molecule has 182 valence electrons. The number of pyridine rings is 1. The van der Waals surface area contributed by atoms with Gasteiger partial charge in [0.15, 0.2) is 0 Å². The number of aromatic nitrogens is 2. The van der Waals surface area contributed by atoms with E-state index in [1.165, 1.54) is 52.7 Å². The van der Waals surface area contributed by atoms with E-state index in [0.29, 0.717) is 0 Å². The number of allylic oxidation sites excluding steroid dienone is 4. The fourth-order valence-corrected chi connectivity index (χ4v) is 5.70. The monoisotopic (exact) mass is 480 g/mol. The van der Waals surface area contributed by atoms with Crippen LogP contribution in [0.2, 0.25) is 0 Å². The Morgan fingerprint density at radius 1 is 0.757 bits per heavy atom. The van der Waals surface area contributed by atoms with E-state index < -0.39 is 0 Å². The van der Waals surface area contributed by atoms with Gasteiger partial charge in [0.1, 0.15) is 0 Å². The van der Waals surface area contributed by atoms with Crippen LogP contribution in [0.25, 0.3) is 44.5 Å². The Bertz CT molecular complexity index is 1620. The summed E-state index contributed by atoms with van der Waals surface area (Å²) in [6.07, 6.45) is 11.2. The van der Waals surface area contributed by atoms with Crippen molar-refractivity contribution in [1.82, 2.24) is 9.55 Å². The summed E-state index contributed by atoms with van der Waals surface area (Å²) in [5, 5.41) is 1.41.